The minimum Gasteiger partial charge on any atom is -0.393 e. The van der Waals surface area contributed by atoms with Crippen LogP contribution in [0.2, 0.25) is 15.1 Å². The van der Waals surface area contributed by atoms with Crippen molar-refractivity contribution in [3.63, 3.8) is 0 Å². The molecule has 0 fully saturated rings. The van der Waals surface area contributed by atoms with Gasteiger partial charge in [0.15, 0.2) is 5.60 Å². The minimum atomic E-state index is -3.75. The Morgan fingerprint density at radius 3 is 2.53 bits per heavy atom. The van der Waals surface area contributed by atoms with Gasteiger partial charge in [-0.2, -0.15) is 0 Å². The number of amides is 2. The van der Waals surface area contributed by atoms with Gasteiger partial charge in [0.2, 0.25) is 0 Å². The highest BCUT2D eigenvalue weighted by atomic mass is 35.5. The van der Waals surface area contributed by atoms with Gasteiger partial charge in [0, 0.05) is 29.7 Å². The predicted molar refractivity (Wildman–Crippen MR) is 132 cm³/mol. The molecule has 0 radical (unpaired) electrons. The fraction of sp³-hybridized carbons (Fsp3) is 0.208. The van der Waals surface area contributed by atoms with Crippen LogP contribution >= 0.6 is 34.8 Å². The molecular formula is C24H18Cl3F2N3O4. The molecule has 2 aromatic carbocycles. The first-order valence-corrected chi connectivity index (χ1v) is 11.7. The summed E-state index contributed by atoms with van der Waals surface area (Å²) >= 11 is 18.0. The number of nitrogens with one attached hydrogen (secondary N) is 1. The molecule has 3 N–H and O–H groups in total. The predicted octanol–water partition coefficient (Wildman–Crippen LogP) is 5.16. The number of benzene rings is 2. The van der Waals surface area contributed by atoms with Crippen molar-refractivity contribution >= 4 is 58.1 Å². The number of nitrogens with zero attached hydrogens (tertiary/aromatic N) is 2. The Balaban J connectivity index is 1.62. The van der Waals surface area contributed by atoms with E-state index in [-0.39, 0.29) is 43.3 Å². The van der Waals surface area contributed by atoms with E-state index < -0.39 is 42.9 Å². The van der Waals surface area contributed by atoms with Crippen LogP contribution in [-0.2, 0) is 5.60 Å². The van der Waals surface area contributed by atoms with Gasteiger partial charge < -0.3 is 20.4 Å². The first-order chi connectivity index (χ1) is 17.0. The van der Waals surface area contributed by atoms with E-state index in [1.165, 1.54) is 42.6 Å². The van der Waals surface area contributed by atoms with Gasteiger partial charge in [-0.05, 0) is 42.5 Å². The topological polar surface area (TPSA) is 103 Å². The molecule has 0 bridgehead atoms. The van der Waals surface area contributed by atoms with Gasteiger partial charge in [-0.3, -0.25) is 9.59 Å². The van der Waals surface area contributed by atoms with E-state index in [9.17, 15) is 28.6 Å². The van der Waals surface area contributed by atoms with Crippen LogP contribution in [0.3, 0.4) is 0 Å². The average molecular weight is 557 g/mol. The molecular weight excluding hydrogens is 539 g/mol. The largest absolute Gasteiger partial charge is 0.393 e. The van der Waals surface area contributed by atoms with Crippen LogP contribution in [0.5, 0.6) is 0 Å². The van der Waals surface area contributed by atoms with Crippen molar-refractivity contribution in [2.75, 3.05) is 23.4 Å². The van der Waals surface area contributed by atoms with Gasteiger partial charge in [-0.1, -0.05) is 40.9 Å². The number of halogens is 5. The zero-order valence-corrected chi connectivity index (χ0v) is 20.6. The van der Waals surface area contributed by atoms with Gasteiger partial charge in [-0.25, -0.2) is 13.8 Å². The van der Waals surface area contributed by atoms with E-state index in [0.717, 1.165) is 11.0 Å². The lowest BCUT2D eigenvalue weighted by atomic mass is 9.86. The maximum atomic E-state index is 14.9. The van der Waals surface area contributed by atoms with E-state index in [2.05, 4.69) is 10.3 Å². The third-order valence-electron chi connectivity index (χ3n) is 5.87. The molecule has 2 amide bonds. The molecule has 1 aliphatic rings. The molecule has 0 aliphatic carbocycles. The van der Waals surface area contributed by atoms with Crippen molar-refractivity contribution in [1.82, 2.24) is 4.98 Å². The standard InChI is InChI=1S/C24H18Cl3F2N3O4/c25-14-5-6-18-16(10-14)23(36,12-33)24(28,29)8-9-32(18)22(35)13-4-7-19(30-11-13)31-21(34)15-2-1-3-17(26)20(15)27/h1-7,10-11,33,36H,8-9,12H2,(H,30,31,34)/t23-/m0/s1. The van der Waals surface area contributed by atoms with E-state index in [1.54, 1.807) is 6.07 Å². The molecule has 0 spiro atoms. The fourth-order valence-corrected chi connectivity index (χ4v) is 4.43. The second-order valence-corrected chi connectivity index (χ2v) is 9.30. The third kappa shape index (κ3) is 4.65. The smallest absolute Gasteiger partial charge is 0.284 e. The van der Waals surface area contributed by atoms with Gasteiger partial charge >= 0.3 is 0 Å². The van der Waals surface area contributed by atoms with Crippen LogP contribution in [0.15, 0.2) is 54.7 Å². The number of alkyl halides is 2. The maximum absolute atomic E-state index is 14.9. The highest BCUT2D eigenvalue weighted by Crippen LogP contribution is 2.47. The zero-order chi connectivity index (χ0) is 26.3. The lowest BCUT2D eigenvalue weighted by Crippen LogP contribution is -2.48. The van der Waals surface area contributed by atoms with E-state index in [1.807, 2.05) is 0 Å². The zero-order valence-electron chi connectivity index (χ0n) is 18.3. The summed E-state index contributed by atoms with van der Waals surface area (Å²) < 4.78 is 29.7. The summed E-state index contributed by atoms with van der Waals surface area (Å²) in [5.74, 6) is -4.89. The van der Waals surface area contributed by atoms with Crippen LogP contribution in [-0.4, -0.2) is 46.1 Å². The quantitative estimate of drug-likeness (QED) is 0.412. The SMILES string of the molecule is O=C(Nc1ccc(C(=O)N2CCC(F)(F)[C@](O)(CO)c3cc(Cl)ccc32)cn1)c1cccc(Cl)c1Cl. The summed E-state index contributed by atoms with van der Waals surface area (Å²) in [6.45, 7) is -1.73. The number of rotatable bonds is 4. The Bertz CT molecular complexity index is 1340. The maximum Gasteiger partial charge on any atom is 0.284 e. The van der Waals surface area contributed by atoms with Crippen LogP contribution in [0, 0.1) is 0 Å². The van der Waals surface area contributed by atoms with E-state index >= 15 is 0 Å². The highest BCUT2D eigenvalue weighted by molar-refractivity contribution is 6.44. The lowest BCUT2D eigenvalue weighted by Gasteiger charge is -2.33. The molecule has 188 valence electrons. The molecule has 1 aliphatic heterocycles. The van der Waals surface area contributed by atoms with Crippen molar-refractivity contribution in [3.05, 3.63) is 86.5 Å². The summed E-state index contributed by atoms with van der Waals surface area (Å²) in [6.07, 6.45) is 0.262. The van der Waals surface area contributed by atoms with Gasteiger partial charge in [0.1, 0.15) is 5.82 Å². The first-order valence-electron chi connectivity index (χ1n) is 10.5. The molecule has 2 heterocycles. The van der Waals surface area contributed by atoms with E-state index in [4.69, 9.17) is 34.8 Å². The van der Waals surface area contributed by atoms with Crippen molar-refractivity contribution < 1.29 is 28.6 Å². The number of anilines is 2. The Kier molecular flexibility index (Phi) is 7.23. The molecule has 3 aromatic rings. The number of hydrogen-bond acceptors (Lipinski definition) is 5. The second kappa shape index (κ2) is 9.91. The fourth-order valence-electron chi connectivity index (χ4n) is 3.88. The normalized spacial score (nSPS) is 18.8. The van der Waals surface area contributed by atoms with Crippen LogP contribution < -0.4 is 10.2 Å². The molecule has 36 heavy (non-hydrogen) atoms. The van der Waals surface area contributed by atoms with Crippen molar-refractivity contribution in [1.29, 1.82) is 0 Å². The Hall–Kier alpha value is -2.82. The van der Waals surface area contributed by atoms with Gasteiger partial charge in [0.05, 0.1) is 33.5 Å². The average Bonchev–Trinajstić information content (AvgIpc) is 2.93. The van der Waals surface area contributed by atoms with E-state index in [0.29, 0.717) is 0 Å². The number of aliphatic hydroxyl groups excluding tert-OH is 1. The monoisotopic (exact) mass is 555 g/mol. The molecule has 7 nitrogen and oxygen atoms in total. The second-order valence-electron chi connectivity index (χ2n) is 8.08. The summed E-state index contributed by atoms with van der Waals surface area (Å²) in [6, 6.07) is 11.1. The van der Waals surface area contributed by atoms with Crippen molar-refractivity contribution in [2.24, 2.45) is 0 Å². The van der Waals surface area contributed by atoms with Crippen LogP contribution in [0.4, 0.5) is 20.3 Å². The van der Waals surface area contributed by atoms with Crippen molar-refractivity contribution in [2.45, 2.75) is 17.9 Å². The number of carbonyl (C=O) groups excluding carboxylic acids is 2. The molecule has 0 unspecified atom stereocenters. The number of pyridine rings is 1. The summed E-state index contributed by atoms with van der Waals surface area (Å²) in [4.78, 5) is 30.9. The molecule has 4 rings (SSSR count). The molecule has 1 aromatic heterocycles. The highest BCUT2D eigenvalue weighted by Gasteiger charge is 2.56. The van der Waals surface area contributed by atoms with Crippen LogP contribution in [0.25, 0.3) is 0 Å². The number of hydrogen-bond donors (Lipinski definition) is 3. The number of carbonyl (C=O) groups is 2. The van der Waals surface area contributed by atoms with Crippen molar-refractivity contribution in [3.8, 4) is 0 Å². The summed E-state index contributed by atoms with van der Waals surface area (Å²) in [7, 11) is 0. The van der Waals surface area contributed by atoms with Crippen LogP contribution in [0.1, 0.15) is 32.7 Å². The third-order valence-corrected chi connectivity index (χ3v) is 6.93. The molecule has 1 atom stereocenters. The Morgan fingerprint density at radius 2 is 1.86 bits per heavy atom. The summed E-state index contributed by atoms with van der Waals surface area (Å²) in [5, 5.41) is 23.3. The molecule has 12 heteroatoms. The number of aliphatic hydroxyl groups is 2. The molecule has 0 saturated heterocycles. The lowest BCUT2D eigenvalue weighted by molar-refractivity contribution is -0.205. The van der Waals surface area contributed by atoms with Gasteiger partial charge in [0.25, 0.3) is 17.7 Å². The number of aromatic nitrogens is 1. The Labute approximate surface area is 219 Å². The summed E-state index contributed by atoms with van der Waals surface area (Å²) in [5.41, 5.74) is -3.17. The minimum absolute atomic E-state index is 0.0221. The number of fused-ring (bicyclic) bond motifs is 1. The Morgan fingerprint density at radius 1 is 1.11 bits per heavy atom. The molecule has 0 saturated carbocycles. The first kappa shape index (κ1) is 26.2. The van der Waals surface area contributed by atoms with Gasteiger partial charge in [-0.15, -0.1) is 0 Å².